The maximum Gasteiger partial charge on any atom is 0.303 e. The van der Waals surface area contributed by atoms with E-state index in [1.807, 2.05) is 6.07 Å². The summed E-state index contributed by atoms with van der Waals surface area (Å²) in [5.74, 6) is -0.554. The van der Waals surface area contributed by atoms with Gasteiger partial charge in [-0.3, -0.25) is 9.69 Å². The number of thiophene rings is 1. The number of ether oxygens (including phenoxy) is 2. The number of unbranched alkanes of at least 4 members (excludes halogenated alkanes) is 1. The van der Waals surface area contributed by atoms with Crippen LogP contribution in [0.25, 0.3) is 0 Å². The molecule has 1 saturated carbocycles. The fourth-order valence-electron chi connectivity index (χ4n) is 5.29. The molecule has 0 unspecified atom stereocenters. The van der Waals surface area contributed by atoms with Crippen molar-refractivity contribution in [3.05, 3.63) is 69.9 Å². The molecule has 2 heterocycles. The lowest BCUT2D eigenvalue weighted by Crippen LogP contribution is -2.50. The van der Waals surface area contributed by atoms with Crippen molar-refractivity contribution in [2.24, 2.45) is 5.92 Å². The SMILES string of the molecule is O=C(O)CCC/C=C\C[C@H]1[C@H](N2CCOCC2)[C@@H](O)C[C@H]1OCc1cc(Cc2ccccc2)cs1. The lowest BCUT2D eigenvalue weighted by Gasteiger charge is -2.37. The number of hydrogen-bond donors (Lipinski definition) is 2. The molecule has 190 valence electrons. The summed E-state index contributed by atoms with van der Waals surface area (Å²) in [5, 5.41) is 22.0. The number of allylic oxidation sites excluding steroid dienone is 2. The zero-order valence-corrected chi connectivity index (χ0v) is 21.1. The molecule has 35 heavy (non-hydrogen) atoms. The van der Waals surface area contributed by atoms with Gasteiger partial charge in [0.1, 0.15) is 0 Å². The van der Waals surface area contributed by atoms with Gasteiger partial charge < -0.3 is 19.7 Å². The van der Waals surface area contributed by atoms with Gasteiger partial charge in [-0.15, -0.1) is 11.3 Å². The topological polar surface area (TPSA) is 79.2 Å². The molecular formula is C28H37NO5S. The Kier molecular flexibility index (Phi) is 9.92. The Hall–Kier alpha value is -2.03. The zero-order valence-electron chi connectivity index (χ0n) is 20.3. The van der Waals surface area contributed by atoms with Gasteiger partial charge in [-0.2, -0.15) is 0 Å². The van der Waals surface area contributed by atoms with Crippen LogP contribution in [0.5, 0.6) is 0 Å². The van der Waals surface area contributed by atoms with Crippen LogP contribution in [0.4, 0.5) is 0 Å². The van der Waals surface area contributed by atoms with Crippen LogP contribution in [0.2, 0.25) is 0 Å². The molecule has 1 aliphatic heterocycles. The molecular weight excluding hydrogens is 462 g/mol. The number of rotatable bonds is 12. The molecule has 1 aromatic carbocycles. The maximum atomic E-state index is 11.0. The quantitative estimate of drug-likeness (QED) is 0.331. The molecule has 2 fully saturated rings. The molecule has 1 aromatic heterocycles. The molecule has 0 radical (unpaired) electrons. The van der Waals surface area contributed by atoms with Crippen molar-refractivity contribution in [2.75, 3.05) is 26.3 Å². The second-order valence-corrected chi connectivity index (χ2v) is 10.5. The maximum absolute atomic E-state index is 11.0. The first-order valence-corrected chi connectivity index (χ1v) is 13.6. The highest BCUT2D eigenvalue weighted by Crippen LogP contribution is 2.37. The third-order valence-corrected chi connectivity index (χ3v) is 7.95. The average Bonchev–Trinajstić information content (AvgIpc) is 3.44. The van der Waals surface area contributed by atoms with E-state index >= 15 is 0 Å². The zero-order chi connectivity index (χ0) is 24.5. The van der Waals surface area contributed by atoms with E-state index in [4.69, 9.17) is 14.6 Å². The number of carboxylic acids is 1. The lowest BCUT2D eigenvalue weighted by molar-refractivity contribution is -0.137. The summed E-state index contributed by atoms with van der Waals surface area (Å²) in [5.41, 5.74) is 2.61. The summed E-state index contributed by atoms with van der Waals surface area (Å²) in [6.45, 7) is 3.63. The molecule has 4 rings (SSSR count). The molecule has 2 aliphatic rings. The van der Waals surface area contributed by atoms with Crippen molar-refractivity contribution in [3.8, 4) is 0 Å². The normalized spacial score (nSPS) is 25.4. The summed E-state index contributed by atoms with van der Waals surface area (Å²) >= 11 is 1.74. The highest BCUT2D eigenvalue weighted by molar-refractivity contribution is 7.10. The van der Waals surface area contributed by atoms with Gasteiger partial charge in [0, 0.05) is 42.8 Å². The summed E-state index contributed by atoms with van der Waals surface area (Å²) in [6, 6.07) is 12.8. The first-order valence-electron chi connectivity index (χ1n) is 12.7. The van der Waals surface area contributed by atoms with Crippen LogP contribution in [0.1, 0.15) is 48.1 Å². The highest BCUT2D eigenvalue weighted by Gasteiger charge is 2.45. The number of carbonyl (C=O) groups is 1. The number of aliphatic hydroxyl groups is 1. The van der Waals surface area contributed by atoms with Gasteiger partial charge in [0.2, 0.25) is 0 Å². The molecule has 6 nitrogen and oxygen atoms in total. The van der Waals surface area contributed by atoms with Crippen LogP contribution in [-0.2, 0) is 27.3 Å². The minimum atomic E-state index is -0.751. The van der Waals surface area contributed by atoms with Crippen LogP contribution in [0, 0.1) is 5.92 Å². The van der Waals surface area contributed by atoms with E-state index in [1.54, 1.807) is 11.3 Å². The highest BCUT2D eigenvalue weighted by atomic mass is 32.1. The molecule has 4 atom stereocenters. The second-order valence-electron chi connectivity index (χ2n) is 9.53. The van der Waals surface area contributed by atoms with Gasteiger partial charge in [-0.05, 0) is 48.3 Å². The minimum absolute atomic E-state index is 0.0128. The molecule has 2 N–H and O–H groups in total. The van der Waals surface area contributed by atoms with E-state index in [9.17, 15) is 9.90 Å². The number of hydrogen-bond acceptors (Lipinski definition) is 6. The standard InChI is InChI=1S/C28H37NO5S/c30-25-18-26(34-19-23-17-22(20-35-23)16-21-8-4-3-5-9-21)24(10-6-1-2-7-11-27(31)32)28(25)29-12-14-33-15-13-29/h1,3-6,8-9,17,20,24-26,28,30H,2,7,10-16,18-19H2,(H,31,32)/b6-1-/t24-,25+,26-,28+/m1/s1. The number of aliphatic hydroxyl groups excluding tert-OH is 1. The number of benzene rings is 1. The molecule has 7 heteroatoms. The van der Waals surface area contributed by atoms with Crippen LogP contribution in [0.15, 0.2) is 53.9 Å². The number of morpholine rings is 1. The fourth-order valence-corrected chi connectivity index (χ4v) is 6.10. The van der Waals surface area contributed by atoms with E-state index in [1.165, 1.54) is 16.0 Å². The smallest absolute Gasteiger partial charge is 0.303 e. The Morgan fingerprint density at radius 3 is 2.74 bits per heavy atom. The van der Waals surface area contributed by atoms with Crippen LogP contribution < -0.4 is 0 Å². The largest absolute Gasteiger partial charge is 0.481 e. The second kappa shape index (κ2) is 13.3. The molecule has 1 saturated heterocycles. The Labute approximate surface area is 212 Å². The molecule has 0 amide bonds. The fraction of sp³-hybridized carbons (Fsp3) is 0.536. The van der Waals surface area contributed by atoms with Gasteiger partial charge in [-0.1, -0.05) is 42.5 Å². The summed E-state index contributed by atoms with van der Waals surface area (Å²) in [4.78, 5) is 14.3. The third kappa shape index (κ3) is 7.72. The molecule has 1 aliphatic carbocycles. The number of carboxylic acid groups (broad SMARTS) is 1. The monoisotopic (exact) mass is 499 g/mol. The summed E-state index contributed by atoms with van der Waals surface area (Å²) < 4.78 is 12.0. The molecule has 0 spiro atoms. The number of nitrogens with zero attached hydrogens (tertiary/aromatic N) is 1. The number of aliphatic carboxylic acids is 1. The van der Waals surface area contributed by atoms with Gasteiger partial charge >= 0.3 is 5.97 Å². The van der Waals surface area contributed by atoms with Gasteiger partial charge in [0.15, 0.2) is 0 Å². The van der Waals surface area contributed by atoms with Gasteiger partial charge in [-0.25, -0.2) is 0 Å². The van der Waals surface area contributed by atoms with Crippen LogP contribution in [0.3, 0.4) is 0 Å². The molecule has 0 bridgehead atoms. The Morgan fingerprint density at radius 1 is 1.17 bits per heavy atom. The van der Waals surface area contributed by atoms with E-state index in [2.05, 4.69) is 52.8 Å². The van der Waals surface area contributed by atoms with Crippen molar-refractivity contribution >= 4 is 17.3 Å². The minimum Gasteiger partial charge on any atom is -0.481 e. The predicted octanol–water partition coefficient (Wildman–Crippen LogP) is 4.51. The molecule has 2 aromatic rings. The van der Waals surface area contributed by atoms with Crippen LogP contribution >= 0.6 is 11.3 Å². The third-order valence-electron chi connectivity index (χ3n) is 6.99. The Morgan fingerprint density at radius 2 is 1.97 bits per heavy atom. The Bertz CT molecular complexity index is 940. The van der Waals surface area contributed by atoms with Crippen molar-refractivity contribution in [1.82, 2.24) is 4.90 Å². The van der Waals surface area contributed by atoms with E-state index in [-0.39, 0.29) is 24.5 Å². The average molecular weight is 500 g/mol. The lowest BCUT2D eigenvalue weighted by atomic mass is 9.94. The summed E-state index contributed by atoms with van der Waals surface area (Å²) in [7, 11) is 0. The van der Waals surface area contributed by atoms with Crippen molar-refractivity contribution in [2.45, 2.75) is 63.4 Å². The van der Waals surface area contributed by atoms with Crippen LogP contribution in [-0.4, -0.2) is 65.6 Å². The first kappa shape index (κ1) is 26.0. The van der Waals surface area contributed by atoms with E-state index in [0.29, 0.717) is 32.7 Å². The van der Waals surface area contributed by atoms with Crippen molar-refractivity contribution in [3.63, 3.8) is 0 Å². The first-order chi connectivity index (χ1) is 17.1. The van der Waals surface area contributed by atoms with Crippen molar-refractivity contribution < 1.29 is 24.5 Å². The predicted molar refractivity (Wildman–Crippen MR) is 138 cm³/mol. The van der Waals surface area contributed by atoms with Gasteiger partial charge in [0.05, 0.1) is 32.0 Å². The Balaban J connectivity index is 1.36. The van der Waals surface area contributed by atoms with E-state index in [0.717, 1.165) is 32.4 Å². The van der Waals surface area contributed by atoms with Gasteiger partial charge in [0.25, 0.3) is 0 Å². The summed E-state index contributed by atoms with van der Waals surface area (Å²) in [6.07, 6.45) is 7.79. The van der Waals surface area contributed by atoms with Crippen molar-refractivity contribution in [1.29, 1.82) is 0 Å². The van der Waals surface area contributed by atoms with E-state index < -0.39 is 12.1 Å².